The summed E-state index contributed by atoms with van der Waals surface area (Å²) in [5, 5.41) is 9.95. The van der Waals surface area contributed by atoms with Crippen LogP contribution in [0.1, 0.15) is 30.9 Å². The lowest BCUT2D eigenvalue weighted by atomic mass is 9.90. The molecule has 3 rings (SSSR count). The smallest absolute Gasteiger partial charge is 0.244 e. The van der Waals surface area contributed by atoms with Gasteiger partial charge in [-0.2, -0.15) is 4.31 Å². The van der Waals surface area contributed by atoms with Gasteiger partial charge in [0.05, 0.1) is 17.5 Å². The minimum absolute atomic E-state index is 0.0106. The number of hydrogen-bond donors (Lipinski definition) is 1. The van der Waals surface area contributed by atoms with Crippen LogP contribution in [0.2, 0.25) is 5.02 Å². The van der Waals surface area contributed by atoms with Crippen molar-refractivity contribution in [2.24, 2.45) is 0 Å². The maximum Gasteiger partial charge on any atom is 0.244 e. The Balaban J connectivity index is 2.14. The molecule has 1 N–H and O–H groups in total. The van der Waals surface area contributed by atoms with Gasteiger partial charge < -0.3 is 5.11 Å². The van der Waals surface area contributed by atoms with Crippen LogP contribution in [0.25, 0.3) is 0 Å². The molecule has 1 saturated heterocycles. The molecule has 0 radical (unpaired) electrons. The Morgan fingerprint density at radius 2 is 1.75 bits per heavy atom. The number of aliphatic hydroxyl groups excluding tert-OH is 1. The van der Waals surface area contributed by atoms with Crippen molar-refractivity contribution in [3.05, 3.63) is 76.8 Å². The van der Waals surface area contributed by atoms with Crippen LogP contribution in [0.4, 0.5) is 8.78 Å². The van der Waals surface area contributed by atoms with Crippen molar-refractivity contribution >= 4 is 21.6 Å². The summed E-state index contributed by atoms with van der Waals surface area (Å²) in [4.78, 5) is 0.0106. The second-order valence-corrected chi connectivity index (χ2v) is 9.05. The predicted octanol–water partition coefficient (Wildman–Crippen LogP) is 4.45. The summed E-state index contributed by atoms with van der Waals surface area (Å²) < 4.78 is 55.8. The van der Waals surface area contributed by atoms with Crippen LogP contribution in [-0.4, -0.2) is 30.5 Å². The van der Waals surface area contributed by atoms with Gasteiger partial charge in [-0.3, -0.25) is 0 Å². The Kier molecular flexibility index (Phi) is 6.19. The number of aliphatic hydroxyl groups is 1. The van der Waals surface area contributed by atoms with E-state index in [9.17, 15) is 22.3 Å². The van der Waals surface area contributed by atoms with Crippen LogP contribution >= 0.6 is 11.6 Å². The van der Waals surface area contributed by atoms with E-state index in [1.165, 1.54) is 28.6 Å². The summed E-state index contributed by atoms with van der Waals surface area (Å²) in [6.45, 7) is 3.42. The number of rotatable bonds is 5. The molecule has 0 amide bonds. The molecule has 1 aliphatic heterocycles. The Bertz CT molecular complexity index is 959. The van der Waals surface area contributed by atoms with Gasteiger partial charge in [-0.1, -0.05) is 18.2 Å². The normalized spacial score (nSPS) is 20.9. The lowest BCUT2D eigenvalue weighted by molar-refractivity contribution is 0.187. The van der Waals surface area contributed by atoms with Gasteiger partial charge in [0.1, 0.15) is 11.6 Å². The predicted molar refractivity (Wildman–Crippen MR) is 103 cm³/mol. The van der Waals surface area contributed by atoms with Crippen LogP contribution in [0, 0.1) is 11.6 Å². The molecule has 0 aliphatic carbocycles. The average Bonchev–Trinajstić information content (AvgIpc) is 2.66. The number of hydrogen-bond acceptors (Lipinski definition) is 3. The molecular weight excluding hydrogens is 408 g/mol. The monoisotopic (exact) mass is 427 g/mol. The number of benzene rings is 2. The minimum atomic E-state index is -4.05. The largest absolute Gasteiger partial charge is 0.392 e. The van der Waals surface area contributed by atoms with Crippen molar-refractivity contribution in [2.75, 3.05) is 6.61 Å². The van der Waals surface area contributed by atoms with Gasteiger partial charge in [0.15, 0.2) is 0 Å². The second kappa shape index (κ2) is 8.29. The van der Waals surface area contributed by atoms with Crippen molar-refractivity contribution in [3.8, 4) is 0 Å². The van der Waals surface area contributed by atoms with E-state index in [-0.39, 0.29) is 17.1 Å². The molecule has 0 spiro atoms. The van der Waals surface area contributed by atoms with Crippen molar-refractivity contribution in [2.45, 2.75) is 36.2 Å². The fraction of sp³-hybridized carbons (Fsp3) is 0.300. The van der Waals surface area contributed by atoms with E-state index in [1.807, 2.05) is 0 Å². The molecule has 0 aromatic heterocycles. The van der Waals surface area contributed by atoms with Gasteiger partial charge >= 0.3 is 0 Å². The Morgan fingerprint density at radius 3 is 2.32 bits per heavy atom. The van der Waals surface area contributed by atoms with Gasteiger partial charge in [0.2, 0.25) is 10.0 Å². The molecule has 1 aliphatic rings. The van der Waals surface area contributed by atoms with Gasteiger partial charge in [0, 0.05) is 17.1 Å². The molecule has 28 heavy (non-hydrogen) atoms. The Morgan fingerprint density at radius 1 is 1.14 bits per heavy atom. The minimum Gasteiger partial charge on any atom is -0.392 e. The topological polar surface area (TPSA) is 57.6 Å². The first-order chi connectivity index (χ1) is 13.2. The number of nitrogens with zero attached hydrogens (tertiary/aromatic N) is 1. The van der Waals surface area contributed by atoms with Crippen molar-refractivity contribution < 1.29 is 22.3 Å². The third kappa shape index (κ3) is 4.12. The number of halogens is 3. The molecule has 4 nitrogen and oxygen atoms in total. The lowest BCUT2D eigenvalue weighted by Crippen LogP contribution is -2.47. The zero-order valence-corrected chi connectivity index (χ0v) is 16.6. The first kappa shape index (κ1) is 20.9. The molecule has 0 unspecified atom stereocenters. The van der Waals surface area contributed by atoms with E-state index in [1.54, 1.807) is 0 Å². The Hall–Kier alpha value is -1.80. The van der Waals surface area contributed by atoms with E-state index in [0.717, 1.165) is 18.2 Å². The molecule has 0 saturated carbocycles. The number of sulfonamides is 1. The Labute approximate surface area is 168 Å². The second-order valence-electron chi connectivity index (χ2n) is 6.77. The molecule has 0 bridgehead atoms. The highest BCUT2D eigenvalue weighted by Gasteiger charge is 2.41. The first-order valence-electron chi connectivity index (χ1n) is 8.77. The van der Waals surface area contributed by atoms with E-state index in [4.69, 9.17) is 11.6 Å². The third-order valence-corrected chi connectivity index (χ3v) is 7.09. The van der Waals surface area contributed by atoms with Gasteiger partial charge in [-0.05, 0) is 66.8 Å². The SMILES string of the molecule is C=C(CO)[C@@H]1CCC[C@H](c2cc(F)cc(F)c2)N1S(=O)(=O)c1ccc(Cl)cc1. The van der Waals surface area contributed by atoms with Crippen LogP contribution in [0.5, 0.6) is 0 Å². The fourth-order valence-corrected chi connectivity index (χ4v) is 5.61. The molecule has 2 aromatic rings. The molecular formula is C20H20ClF2NO3S. The zero-order chi connectivity index (χ0) is 20.5. The highest BCUT2D eigenvalue weighted by molar-refractivity contribution is 7.89. The molecule has 1 heterocycles. The maximum atomic E-state index is 13.8. The standard InChI is InChI=1S/C20H20ClF2NO3S/c1-13(12-25)19-3-2-4-20(14-9-16(22)11-17(23)10-14)24(19)28(26,27)18-7-5-15(21)6-8-18/h5-11,19-20,25H,1-4,12H2/t19-,20+/m0/s1. The average molecular weight is 428 g/mol. The molecule has 150 valence electrons. The first-order valence-corrected chi connectivity index (χ1v) is 10.6. The molecule has 1 fully saturated rings. The zero-order valence-electron chi connectivity index (χ0n) is 15.0. The number of piperidine rings is 1. The summed E-state index contributed by atoms with van der Waals surface area (Å²) in [5.41, 5.74) is 0.560. The summed E-state index contributed by atoms with van der Waals surface area (Å²) in [6, 6.07) is 7.25. The van der Waals surface area contributed by atoms with Gasteiger partial charge in [-0.25, -0.2) is 17.2 Å². The van der Waals surface area contributed by atoms with Crippen molar-refractivity contribution in [3.63, 3.8) is 0 Å². The van der Waals surface area contributed by atoms with Gasteiger partial charge in [0.25, 0.3) is 0 Å². The highest BCUT2D eigenvalue weighted by atomic mass is 35.5. The van der Waals surface area contributed by atoms with E-state index >= 15 is 0 Å². The van der Waals surface area contributed by atoms with E-state index in [0.29, 0.717) is 29.9 Å². The van der Waals surface area contributed by atoms with E-state index < -0.39 is 33.7 Å². The van der Waals surface area contributed by atoms with Crippen molar-refractivity contribution in [1.82, 2.24) is 4.31 Å². The molecule has 8 heteroatoms. The van der Waals surface area contributed by atoms with Crippen LogP contribution < -0.4 is 0 Å². The quantitative estimate of drug-likeness (QED) is 0.717. The van der Waals surface area contributed by atoms with Crippen LogP contribution in [0.15, 0.2) is 59.5 Å². The van der Waals surface area contributed by atoms with E-state index in [2.05, 4.69) is 6.58 Å². The highest BCUT2D eigenvalue weighted by Crippen LogP contribution is 2.41. The van der Waals surface area contributed by atoms with Crippen LogP contribution in [-0.2, 0) is 10.0 Å². The summed E-state index contributed by atoms with van der Waals surface area (Å²) in [5.74, 6) is -1.55. The van der Waals surface area contributed by atoms with Crippen molar-refractivity contribution in [1.29, 1.82) is 0 Å². The summed E-state index contributed by atoms with van der Waals surface area (Å²) in [6.07, 6.45) is 1.48. The molecule has 2 atom stereocenters. The maximum absolute atomic E-state index is 13.8. The summed E-state index contributed by atoms with van der Waals surface area (Å²) in [7, 11) is -4.05. The van der Waals surface area contributed by atoms with Gasteiger partial charge in [-0.15, -0.1) is 0 Å². The summed E-state index contributed by atoms with van der Waals surface area (Å²) >= 11 is 5.87. The molecule has 2 aromatic carbocycles. The van der Waals surface area contributed by atoms with Crippen LogP contribution in [0.3, 0.4) is 0 Å². The fourth-order valence-electron chi connectivity index (χ4n) is 3.61. The third-order valence-electron chi connectivity index (χ3n) is 4.90. The lowest BCUT2D eigenvalue weighted by Gasteiger charge is -2.42.